The predicted molar refractivity (Wildman–Crippen MR) is 82.1 cm³/mol. The molecule has 0 aliphatic carbocycles. The van der Waals surface area contributed by atoms with Gasteiger partial charge in [-0.1, -0.05) is 30.1 Å². The Morgan fingerprint density at radius 3 is 3.00 bits per heavy atom. The summed E-state index contributed by atoms with van der Waals surface area (Å²) >= 11 is 0. The molecule has 1 aliphatic rings. The molecule has 6 heteroatoms. The van der Waals surface area contributed by atoms with E-state index in [0.29, 0.717) is 23.8 Å². The van der Waals surface area contributed by atoms with Crippen LogP contribution in [-0.4, -0.2) is 27.5 Å². The molecular formula is C17H20FN3O2. The molecule has 122 valence electrons. The van der Waals surface area contributed by atoms with Crippen LogP contribution in [-0.2, 0) is 11.2 Å². The first-order chi connectivity index (χ1) is 11.1. The van der Waals surface area contributed by atoms with E-state index < -0.39 is 0 Å². The van der Waals surface area contributed by atoms with Gasteiger partial charge in [-0.25, -0.2) is 4.39 Å². The maximum absolute atomic E-state index is 13.3. The second-order valence-electron chi connectivity index (χ2n) is 5.93. The number of hydrogen-bond donors (Lipinski definition) is 0. The molecule has 3 rings (SSSR count). The van der Waals surface area contributed by atoms with Crippen LogP contribution in [0.2, 0.25) is 0 Å². The molecule has 1 aromatic carbocycles. The highest BCUT2D eigenvalue weighted by Gasteiger charge is 2.30. The van der Waals surface area contributed by atoms with Gasteiger partial charge in [-0.15, -0.1) is 0 Å². The van der Waals surface area contributed by atoms with Crippen LogP contribution in [0.4, 0.5) is 4.39 Å². The number of carbonyl (C=O) groups is 1. The smallest absolute Gasteiger partial charge is 0.227 e. The average Bonchev–Trinajstić information content (AvgIpc) is 2.81. The molecule has 5 nitrogen and oxygen atoms in total. The standard InChI is InChI=1S/C17H20FN3O2/c1-12-19-17(20-23-12)15-8-3-2-4-9-21(15)16(22)11-13-6-5-7-14(18)10-13/h5-7,10,15H,2-4,8-9,11H2,1H3/t15-/m1/s1. The lowest BCUT2D eigenvalue weighted by Gasteiger charge is -2.28. The summed E-state index contributed by atoms with van der Waals surface area (Å²) in [4.78, 5) is 18.9. The van der Waals surface area contributed by atoms with Gasteiger partial charge in [0.15, 0.2) is 5.82 Å². The van der Waals surface area contributed by atoms with Crippen molar-refractivity contribution in [3.63, 3.8) is 0 Å². The Balaban J connectivity index is 1.80. The van der Waals surface area contributed by atoms with Gasteiger partial charge >= 0.3 is 0 Å². The number of hydrogen-bond acceptors (Lipinski definition) is 4. The summed E-state index contributed by atoms with van der Waals surface area (Å²) in [5.41, 5.74) is 0.683. The van der Waals surface area contributed by atoms with E-state index in [-0.39, 0.29) is 24.2 Å². The third kappa shape index (κ3) is 3.75. The summed E-state index contributed by atoms with van der Waals surface area (Å²) in [6, 6.07) is 6.02. The van der Waals surface area contributed by atoms with Gasteiger partial charge in [-0.3, -0.25) is 4.79 Å². The first-order valence-electron chi connectivity index (χ1n) is 7.97. The van der Waals surface area contributed by atoms with Gasteiger partial charge in [0, 0.05) is 13.5 Å². The lowest BCUT2D eigenvalue weighted by atomic mass is 10.1. The molecule has 1 fully saturated rings. The van der Waals surface area contributed by atoms with E-state index in [1.165, 1.54) is 12.1 Å². The SMILES string of the molecule is Cc1nc([C@H]2CCCCCN2C(=O)Cc2cccc(F)c2)no1. The second kappa shape index (κ2) is 6.89. The molecule has 1 aliphatic heterocycles. The van der Waals surface area contributed by atoms with Gasteiger partial charge in [0.2, 0.25) is 11.8 Å². The monoisotopic (exact) mass is 317 g/mol. The molecule has 0 bridgehead atoms. The minimum absolute atomic E-state index is 0.0232. The molecule has 23 heavy (non-hydrogen) atoms. The second-order valence-corrected chi connectivity index (χ2v) is 5.93. The lowest BCUT2D eigenvalue weighted by molar-refractivity contribution is -0.133. The Bertz CT molecular complexity index is 686. The Morgan fingerprint density at radius 2 is 2.26 bits per heavy atom. The fourth-order valence-corrected chi connectivity index (χ4v) is 3.05. The van der Waals surface area contributed by atoms with Gasteiger partial charge < -0.3 is 9.42 Å². The maximum Gasteiger partial charge on any atom is 0.227 e. The number of aryl methyl sites for hydroxylation is 1. The third-order valence-corrected chi connectivity index (χ3v) is 4.16. The number of amides is 1. The van der Waals surface area contributed by atoms with E-state index in [4.69, 9.17) is 4.52 Å². The number of nitrogens with zero attached hydrogens (tertiary/aromatic N) is 3. The van der Waals surface area contributed by atoms with Crippen LogP contribution >= 0.6 is 0 Å². The number of likely N-dealkylation sites (tertiary alicyclic amines) is 1. The van der Waals surface area contributed by atoms with Crippen LogP contribution in [0, 0.1) is 12.7 Å². The zero-order chi connectivity index (χ0) is 16.2. The van der Waals surface area contributed by atoms with Crippen LogP contribution in [0.15, 0.2) is 28.8 Å². The average molecular weight is 317 g/mol. The number of halogens is 1. The van der Waals surface area contributed by atoms with Crippen molar-refractivity contribution in [2.45, 2.75) is 45.1 Å². The van der Waals surface area contributed by atoms with Gasteiger partial charge in [0.1, 0.15) is 5.82 Å². The summed E-state index contributed by atoms with van der Waals surface area (Å²) in [5.74, 6) is 0.722. The van der Waals surface area contributed by atoms with Gasteiger partial charge in [0.05, 0.1) is 12.5 Å². The molecule has 2 heterocycles. The van der Waals surface area contributed by atoms with E-state index in [2.05, 4.69) is 10.1 Å². The van der Waals surface area contributed by atoms with E-state index in [1.807, 2.05) is 4.90 Å². The van der Waals surface area contributed by atoms with Crippen LogP contribution in [0.25, 0.3) is 0 Å². The van der Waals surface area contributed by atoms with Crippen molar-refractivity contribution >= 4 is 5.91 Å². The minimum atomic E-state index is -0.323. The largest absolute Gasteiger partial charge is 0.340 e. The lowest BCUT2D eigenvalue weighted by Crippen LogP contribution is -2.36. The van der Waals surface area contributed by atoms with E-state index in [9.17, 15) is 9.18 Å². The molecule has 0 N–H and O–H groups in total. The Morgan fingerprint density at radius 1 is 1.39 bits per heavy atom. The van der Waals surface area contributed by atoms with Crippen molar-refractivity contribution in [3.8, 4) is 0 Å². The summed E-state index contributed by atoms with van der Waals surface area (Å²) in [5, 5.41) is 3.99. The van der Waals surface area contributed by atoms with Crippen molar-refractivity contribution < 1.29 is 13.7 Å². The van der Waals surface area contributed by atoms with Crippen molar-refractivity contribution in [1.29, 1.82) is 0 Å². The first kappa shape index (κ1) is 15.6. The number of carbonyl (C=O) groups excluding carboxylic acids is 1. The fourth-order valence-electron chi connectivity index (χ4n) is 3.05. The molecule has 1 atom stereocenters. The first-order valence-corrected chi connectivity index (χ1v) is 7.97. The number of benzene rings is 1. The topological polar surface area (TPSA) is 59.2 Å². The van der Waals surface area contributed by atoms with E-state index >= 15 is 0 Å². The summed E-state index contributed by atoms with van der Waals surface area (Å²) in [6.07, 6.45) is 4.08. The molecule has 1 aromatic heterocycles. The third-order valence-electron chi connectivity index (χ3n) is 4.16. The van der Waals surface area contributed by atoms with Crippen LogP contribution in [0.3, 0.4) is 0 Å². The van der Waals surface area contributed by atoms with Gasteiger partial charge in [0.25, 0.3) is 0 Å². The summed E-state index contributed by atoms with van der Waals surface area (Å²) < 4.78 is 18.4. The quantitative estimate of drug-likeness (QED) is 0.872. The van der Waals surface area contributed by atoms with Crippen molar-refractivity contribution in [2.75, 3.05) is 6.54 Å². The van der Waals surface area contributed by atoms with Crippen molar-refractivity contribution in [2.24, 2.45) is 0 Å². The fraction of sp³-hybridized carbons (Fsp3) is 0.471. The Hall–Kier alpha value is -2.24. The molecule has 0 radical (unpaired) electrons. The minimum Gasteiger partial charge on any atom is -0.340 e. The van der Waals surface area contributed by atoms with E-state index in [1.54, 1.807) is 19.1 Å². The molecule has 0 unspecified atom stereocenters. The van der Waals surface area contributed by atoms with Crippen LogP contribution in [0.1, 0.15) is 49.0 Å². The van der Waals surface area contributed by atoms with Crippen molar-refractivity contribution in [1.82, 2.24) is 15.0 Å². The molecule has 1 amide bonds. The van der Waals surface area contributed by atoms with Gasteiger partial charge in [-0.05, 0) is 30.5 Å². The molecule has 0 saturated carbocycles. The highest BCUT2D eigenvalue weighted by Crippen LogP contribution is 2.29. The van der Waals surface area contributed by atoms with Gasteiger partial charge in [-0.2, -0.15) is 4.98 Å². The summed E-state index contributed by atoms with van der Waals surface area (Å²) in [7, 11) is 0. The van der Waals surface area contributed by atoms with Crippen LogP contribution < -0.4 is 0 Å². The zero-order valence-corrected chi connectivity index (χ0v) is 13.2. The molecule has 0 spiro atoms. The normalized spacial score (nSPS) is 18.7. The number of aromatic nitrogens is 2. The molecule has 2 aromatic rings. The maximum atomic E-state index is 13.3. The Kier molecular flexibility index (Phi) is 4.69. The van der Waals surface area contributed by atoms with Crippen molar-refractivity contribution in [3.05, 3.63) is 47.4 Å². The van der Waals surface area contributed by atoms with E-state index in [0.717, 1.165) is 25.7 Å². The molecule has 1 saturated heterocycles. The van der Waals surface area contributed by atoms with Crippen LogP contribution in [0.5, 0.6) is 0 Å². The predicted octanol–water partition coefficient (Wildman–Crippen LogP) is 3.20. The molecular weight excluding hydrogens is 297 g/mol. The highest BCUT2D eigenvalue weighted by atomic mass is 19.1. The summed E-state index contributed by atoms with van der Waals surface area (Å²) in [6.45, 7) is 2.42. The highest BCUT2D eigenvalue weighted by molar-refractivity contribution is 5.79. The number of rotatable bonds is 3. The zero-order valence-electron chi connectivity index (χ0n) is 13.2. The Labute approximate surface area is 134 Å².